The summed E-state index contributed by atoms with van der Waals surface area (Å²) in [5, 5.41) is 14.7. The van der Waals surface area contributed by atoms with Gasteiger partial charge in [-0.1, -0.05) is 18.2 Å². The third-order valence-electron chi connectivity index (χ3n) is 5.73. The Kier molecular flexibility index (Phi) is 6.05. The van der Waals surface area contributed by atoms with Gasteiger partial charge in [0.1, 0.15) is 10.6 Å². The number of carbonyl (C=O) groups is 1. The highest BCUT2D eigenvalue weighted by Gasteiger charge is 2.57. The largest absolute Gasteiger partial charge is 0.394 e. The summed E-state index contributed by atoms with van der Waals surface area (Å²) in [6.07, 6.45) is 0.921. The fraction of sp³-hybridized carbons (Fsp3) is 0.292. The van der Waals surface area contributed by atoms with Crippen LogP contribution in [0.1, 0.15) is 32.4 Å². The number of aliphatic hydroxyl groups is 1. The molecule has 0 atom stereocenters. The topological polar surface area (TPSA) is 147 Å². The molecule has 0 radical (unpaired) electrons. The average molecular weight is 482 g/mol. The van der Waals surface area contributed by atoms with Crippen molar-refractivity contribution in [1.82, 2.24) is 15.3 Å². The zero-order valence-electron chi connectivity index (χ0n) is 18.9. The van der Waals surface area contributed by atoms with Gasteiger partial charge in [0, 0.05) is 17.3 Å². The van der Waals surface area contributed by atoms with Crippen LogP contribution in [0, 0.1) is 0 Å². The molecule has 1 fully saturated rings. The second kappa shape index (κ2) is 8.69. The third-order valence-corrected chi connectivity index (χ3v) is 8.27. The Balaban J connectivity index is 1.59. The lowest BCUT2D eigenvalue weighted by Gasteiger charge is -2.23. The zero-order chi connectivity index (χ0) is 24.6. The highest BCUT2D eigenvalue weighted by Crippen LogP contribution is 2.54. The van der Waals surface area contributed by atoms with Gasteiger partial charge in [-0.25, -0.2) is 23.2 Å². The Hall–Kier alpha value is -3.50. The maximum absolute atomic E-state index is 13.4. The fourth-order valence-corrected chi connectivity index (χ4v) is 5.63. The lowest BCUT2D eigenvalue weighted by Crippen LogP contribution is -2.48. The van der Waals surface area contributed by atoms with E-state index in [1.54, 1.807) is 68.4 Å². The van der Waals surface area contributed by atoms with E-state index in [2.05, 4.69) is 20.6 Å². The van der Waals surface area contributed by atoms with Crippen molar-refractivity contribution in [3.63, 3.8) is 0 Å². The summed E-state index contributed by atoms with van der Waals surface area (Å²) in [6, 6.07) is 16.2. The molecule has 3 aromatic rings. The lowest BCUT2D eigenvalue weighted by atomic mass is 10.1. The Labute approximate surface area is 198 Å². The molecule has 1 heterocycles. The first-order chi connectivity index (χ1) is 16.1. The van der Waals surface area contributed by atoms with Gasteiger partial charge in [0.05, 0.1) is 22.7 Å². The van der Waals surface area contributed by atoms with E-state index in [-0.39, 0.29) is 17.3 Å². The van der Waals surface area contributed by atoms with Gasteiger partial charge in [-0.2, -0.15) is 0 Å². The molecule has 4 rings (SSSR count). The summed E-state index contributed by atoms with van der Waals surface area (Å²) in [6.45, 7) is 3.21. The van der Waals surface area contributed by atoms with Crippen LogP contribution in [0.25, 0.3) is 11.4 Å². The molecule has 1 saturated carbocycles. The molecule has 1 aliphatic carbocycles. The van der Waals surface area contributed by atoms with E-state index >= 15 is 0 Å². The van der Waals surface area contributed by atoms with E-state index in [4.69, 9.17) is 5.73 Å². The number of benzene rings is 2. The lowest BCUT2D eigenvalue weighted by molar-refractivity contribution is 0.187. The van der Waals surface area contributed by atoms with Crippen molar-refractivity contribution in [3.8, 4) is 11.4 Å². The van der Waals surface area contributed by atoms with Gasteiger partial charge in [0.25, 0.3) is 0 Å². The molecule has 9 nitrogen and oxygen atoms in total. The predicted octanol–water partition coefficient (Wildman–Crippen LogP) is 3.08. The van der Waals surface area contributed by atoms with Crippen LogP contribution in [-0.4, -0.2) is 41.7 Å². The molecule has 178 valence electrons. The van der Waals surface area contributed by atoms with Crippen molar-refractivity contribution in [2.45, 2.75) is 41.9 Å². The number of anilines is 2. The first kappa shape index (κ1) is 23.7. The second-order valence-corrected chi connectivity index (χ2v) is 11.3. The zero-order valence-corrected chi connectivity index (χ0v) is 19.8. The van der Waals surface area contributed by atoms with Crippen LogP contribution in [-0.2, 0) is 14.6 Å². The number of hydrogen-bond acceptors (Lipinski definition) is 7. The molecule has 1 aliphatic rings. The molecule has 0 bridgehead atoms. The maximum atomic E-state index is 13.4. The van der Waals surface area contributed by atoms with E-state index < -0.39 is 26.2 Å². The first-order valence-electron chi connectivity index (χ1n) is 10.8. The fourth-order valence-electron chi connectivity index (χ4n) is 3.64. The van der Waals surface area contributed by atoms with E-state index in [1.165, 1.54) is 6.07 Å². The van der Waals surface area contributed by atoms with Crippen molar-refractivity contribution in [2.24, 2.45) is 0 Å². The van der Waals surface area contributed by atoms with Crippen LogP contribution in [0.2, 0.25) is 0 Å². The van der Waals surface area contributed by atoms with Crippen LogP contribution >= 0.6 is 0 Å². The molecule has 10 heteroatoms. The van der Waals surface area contributed by atoms with E-state index in [0.717, 1.165) is 0 Å². The van der Waals surface area contributed by atoms with Gasteiger partial charge < -0.3 is 21.5 Å². The molecule has 0 saturated heterocycles. The summed E-state index contributed by atoms with van der Waals surface area (Å²) in [4.78, 5) is 21.3. The number of nitrogens with one attached hydrogen (secondary N) is 2. The predicted molar refractivity (Wildman–Crippen MR) is 130 cm³/mol. The summed E-state index contributed by atoms with van der Waals surface area (Å²) < 4.78 is 25.7. The number of urea groups is 1. The minimum Gasteiger partial charge on any atom is -0.394 e. The first-order valence-corrected chi connectivity index (χ1v) is 12.3. The average Bonchev–Trinajstić information content (AvgIpc) is 3.62. The maximum Gasteiger partial charge on any atom is 0.319 e. The normalized spacial score (nSPS) is 14.9. The minimum atomic E-state index is -3.65. The summed E-state index contributed by atoms with van der Waals surface area (Å²) in [5.41, 5.74) is 6.82. The molecule has 0 spiro atoms. The molecule has 34 heavy (non-hydrogen) atoms. The number of sulfone groups is 1. The van der Waals surface area contributed by atoms with Crippen LogP contribution in [0.4, 0.5) is 16.3 Å². The molecule has 0 aliphatic heterocycles. The number of nitrogens with two attached hydrogens (primary N) is 1. The van der Waals surface area contributed by atoms with Crippen molar-refractivity contribution >= 4 is 27.4 Å². The molecule has 2 aromatic carbocycles. The summed E-state index contributed by atoms with van der Waals surface area (Å²) in [7, 11) is -3.65. The molecule has 1 aromatic heterocycles. The number of nitrogen functional groups attached to an aromatic ring is 1. The van der Waals surface area contributed by atoms with E-state index in [0.29, 0.717) is 35.6 Å². The molecular weight excluding hydrogens is 454 g/mol. The van der Waals surface area contributed by atoms with Gasteiger partial charge in [-0.3, -0.25) is 0 Å². The Morgan fingerprint density at radius 2 is 1.74 bits per heavy atom. The molecule has 2 amide bonds. The quantitative estimate of drug-likeness (QED) is 0.405. The van der Waals surface area contributed by atoms with Crippen LogP contribution in [0.5, 0.6) is 0 Å². The SMILES string of the molecule is CC(C)(CO)NC(=O)Nc1ccc(-c2nc(N)cc(C3(S(=O)(=O)c4ccccc4)CC3)n2)cc1. The van der Waals surface area contributed by atoms with Gasteiger partial charge in [0.15, 0.2) is 15.7 Å². The number of amides is 2. The third kappa shape index (κ3) is 4.59. The van der Waals surface area contributed by atoms with Crippen LogP contribution < -0.4 is 16.4 Å². The van der Waals surface area contributed by atoms with Crippen molar-refractivity contribution in [2.75, 3.05) is 17.7 Å². The van der Waals surface area contributed by atoms with Crippen molar-refractivity contribution < 1.29 is 18.3 Å². The Morgan fingerprint density at radius 1 is 1.09 bits per heavy atom. The Morgan fingerprint density at radius 3 is 2.32 bits per heavy atom. The number of carbonyl (C=O) groups excluding carboxylic acids is 1. The number of hydrogen-bond donors (Lipinski definition) is 4. The van der Waals surface area contributed by atoms with Crippen LogP contribution in [0.15, 0.2) is 65.6 Å². The van der Waals surface area contributed by atoms with Gasteiger partial charge >= 0.3 is 6.03 Å². The number of nitrogens with zero attached hydrogens (tertiary/aromatic N) is 2. The second-order valence-electron chi connectivity index (χ2n) is 9.01. The summed E-state index contributed by atoms with van der Waals surface area (Å²) in [5.74, 6) is 0.490. The molecule has 0 unspecified atom stereocenters. The summed E-state index contributed by atoms with van der Waals surface area (Å²) >= 11 is 0. The van der Waals surface area contributed by atoms with E-state index in [9.17, 15) is 18.3 Å². The standard InChI is InChI=1S/C24H27N5O4S/c1-23(2,15-30)29-22(31)26-17-10-8-16(9-11-17)21-27-19(14-20(25)28-21)24(12-13-24)34(32,33)18-6-4-3-5-7-18/h3-11,14,30H,12-13,15H2,1-2H3,(H2,25,27,28)(H2,26,29,31). The highest BCUT2D eigenvalue weighted by atomic mass is 32.2. The van der Waals surface area contributed by atoms with Gasteiger partial charge in [-0.05, 0) is 63.1 Å². The van der Waals surface area contributed by atoms with Crippen molar-refractivity contribution in [1.29, 1.82) is 0 Å². The van der Waals surface area contributed by atoms with E-state index in [1.807, 2.05) is 0 Å². The minimum absolute atomic E-state index is 0.183. The van der Waals surface area contributed by atoms with Crippen LogP contribution in [0.3, 0.4) is 0 Å². The van der Waals surface area contributed by atoms with Gasteiger partial charge in [-0.15, -0.1) is 0 Å². The highest BCUT2D eigenvalue weighted by molar-refractivity contribution is 7.92. The van der Waals surface area contributed by atoms with Gasteiger partial charge in [0.2, 0.25) is 0 Å². The number of aliphatic hydroxyl groups excluding tert-OH is 1. The monoisotopic (exact) mass is 481 g/mol. The smallest absolute Gasteiger partial charge is 0.319 e. The Bertz CT molecular complexity index is 1300. The molecular formula is C24H27N5O4S. The molecule has 5 N–H and O–H groups in total. The number of rotatable bonds is 7. The van der Waals surface area contributed by atoms with Crippen molar-refractivity contribution in [3.05, 3.63) is 66.4 Å². The number of aromatic nitrogens is 2.